The molecule has 9 heteroatoms. The van der Waals surface area contributed by atoms with Gasteiger partial charge in [-0.3, -0.25) is 9.59 Å². The predicted octanol–water partition coefficient (Wildman–Crippen LogP) is 5.48. The first kappa shape index (κ1) is 27.3. The Bertz CT molecular complexity index is 1250. The Kier molecular flexibility index (Phi) is 8.46. The minimum absolute atomic E-state index is 0.0198. The molecule has 0 spiro atoms. The van der Waals surface area contributed by atoms with Gasteiger partial charge in [-0.25, -0.2) is 0 Å². The molecule has 4 rings (SSSR count). The van der Waals surface area contributed by atoms with Gasteiger partial charge in [-0.2, -0.15) is 13.8 Å². The van der Waals surface area contributed by atoms with Gasteiger partial charge in [0.25, 0.3) is 11.8 Å². The largest absolute Gasteiger partial charge is 0.381 e. The van der Waals surface area contributed by atoms with E-state index in [0.29, 0.717) is 50.7 Å². The van der Waals surface area contributed by atoms with E-state index in [4.69, 9.17) is 4.74 Å². The van der Waals surface area contributed by atoms with E-state index in [1.165, 1.54) is 0 Å². The standard InChI is InChI=1S/C29H31F2N3O4/c1-3-20(19-37-17-7-10-24(35)29(15-16-29)23-8-5-4-6-9-23)18-32-26(36)22-13-11-21(12-14-22)25-33-27(38-34-25)28(2,30)31/h3-6,8-9,11-14,20H,1,7,10,15-19H2,2H3,(H,32,36). The van der Waals surface area contributed by atoms with Crippen molar-refractivity contribution < 1.29 is 27.6 Å². The number of ketones is 1. The van der Waals surface area contributed by atoms with Crippen LogP contribution in [0.1, 0.15) is 54.4 Å². The van der Waals surface area contributed by atoms with Crippen molar-refractivity contribution in [3.05, 3.63) is 84.3 Å². The van der Waals surface area contributed by atoms with Crippen molar-refractivity contribution in [2.45, 2.75) is 43.9 Å². The van der Waals surface area contributed by atoms with Crippen LogP contribution in [-0.4, -0.2) is 41.6 Å². The lowest BCUT2D eigenvalue weighted by Crippen LogP contribution is -2.30. The number of hydrogen-bond donors (Lipinski definition) is 1. The van der Waals surface area contributed by atoms with Crippen LogP contribution in [0.4, 0.5) is 8.78 Å². The molecule has 0 radical (unpaired) electrons. The van der Waals surface area contributed by atoms with Crippen LogP contribution >= 0.6 is 0 Å². The molecular weight excluding hydrogens is 492 g/mol. The number of nitrogens with zero attached hydrogens (tertiary/aromatic N) is 2. The van der Waals surface area contributed by atoms with E-state index in [1.54, 1.807) is 30.3 Å². The van der Waals surface area contributed by atoms with E-state index in [2.05, 4.69) is 26.6 Å². The number of amides is 1. The number of benzene rings is 2. The zero-order chi connectivity index (χ0) is 27.2. The molecule has 1 amide bonds. The summed E-state index contributed by atoms with van der Waals surface area (Å²) in [6.07, 6.45) is 4.67. The molecule has 1 aliphatic carbocycles. The van der Waals surface area contributed by atoms with Gasteiger partial charge in [-0.15, -0.1) is 6.58 Å². The van der Waals surface area contributed by atoms with Crippen molar-refractivity contribution in [1.29, 1.82) is 0 Å². The molecule has 1 aromatic heterocycles. The van der Waals surface area contributed by atoms with Gasteiger partial charge in [0.2, 0.25) is 5.82 Å². The molecule has 3 aromatic rings. The number of rotatable bonds is 14. The molecule has 1 fully saturated rings. The number of alkyl halides is 2. The first-order valence-electron chi connectivity index (χ1n) is 12.6. The van der Waals surface area contributed by atoms with Gasteiger partial charge < -0.3 is 14.6 Å². The van der Waals surface area contributed by atoms with Crippen molar-refractivity contribution >= 4 is 11.7 Å². The monoisotopic (exact) mass is 523 g/mol. The third-order valence-electron chi connectivity index (χ3n) is 6.70. The summed E-state index contributed by atoms with van der Waals surface area (Å²) in [5.74, 6) is -4.09. The summed E-state index contributed by atoms with van der Waals surface area (Å²) in [5, 5.41) is 6.41. The SMILES string of the molecule is C=CC(CNC(=O)c1ccc(-c2noc(C(C)(F)F)n2)cc1)COCCCC(=O)C1(c2ccccc2)CC1. The second-order valence-corrected chi connectivity index (χ2v) is 9.64. The minimum Gasteiger partial charge on any atom is -0.381 e. The molecule has 1 aliphatic rings. The van der Waals surface area contributed by atoms with Crippen molar-refractivity contribution in [2.75, 3.05) is 19.8 Å². The predicted molar refractivity (Wildman–Crippen MR) is 138 cm³/mol. The fourth-order valence-electron chi connectivity index (χ4n) is 4.25. The summed E-state index contributed by atoms with van der Waals surface area (Å²) < 4.78 is 37.0. The average Bonchev–Trinajstić information content (AvgIpc) is 3.58. The van der Waals surface area contributed by atoms with Crippen LogP contribution in [0.2, 0.25) is 0 Å². The van der Waals surface area contributed by atoms with Gasteiger partial charge in [0, 0.05) is 43.5 Å². The maximum atomic E-state index is 13.3. The Hall–Kier alpha value is -3.72. The van der Waals surface area contributed by atoms with E-state index in [-0.39, 0.29) is 28.8 Å². The van der Waals surface area contributed by atoms with Crippen LogP contribution < -0.4 is 5.32 Å². The topological polar surface area (TPSA) is 94.3 Å². The second kappa shape index (κ2) is 11.8. The van der Waals surface area contributed by atoms with Crippen LogP contribution in [0.25, 0.3) is 11.4 Å². The maximum Gasteiger partial charge on any atom is 0.322 e. The van der Waals surface area contributed by atoms with Crippen molar-refractivity contribution in [3.8, 4) is 11.4 Å². The normalized spacial score (nSPS) is 15.0. The molecule has 200 valence electrons. The van der Waals surface area contributed by atoms with Gasteiger partial charge >= 0.3 is 5.92 Å². The second-order valence-electron chi connectivity index (χ2n) is 9.64. The summed E-state index contributed by atoms with van der Waals surface area (Å²) in [6, 6.07) is 16.2. The van der Waals surface area contributed by atoms with Gasteiger partial charge in [0.15, 0.2) is 0 Å². The van der Waals surface area contributed by atoms with Gasteiger partial charge in [-0.1, -0.05) is 53.7 Å². The van der Waals surface area contributed by atoms with E-state index in [9.17, 15) is 18.4 Å². The summed E-state index contributed by atoms with van der Waals surface area (Å²) in [4.78, 5) is 29.0. The number of halogens is 2. The molecule has 1 heterocycles. The Labute approximate surface area is 220 Å². The van der Waals surface area contributed by atoms with E-state index < -0.39 is 11.8 Å². The Morgan fingerprint density at radius 2 is 1.89 bits per heavy atom. The maximum absolute atomic E-state index is 13.3. The van der Waals surface area contributed by atoms with Gasteiger partial charge in [-0.05, 0) is 37.0 Å². The third kappa shape index (κ3) is 6.58. The Morgan fingerprint density at radius 3 is 2.50 bits per heavy atom. The summed E-state index contributed by atoms with van der Waals surface area (Å²) in [7, 11) is 0. The molecule has 2 aromatic carbocycles. The first-order chi connectivity index (χ1) is 18.2. The van der Waals surface area contributed by atoms with Crippen LogP contribution in [0.15, 0.2) is 71.8 Å². The number of carbonyl (C=O) groups is 2. The Balaban J connectivity index is 1.17. The fraction of sp³-hybridized carbons (Fsp3) is 0.379. The van der Waals surface area contributed by atoms with Crippen molar-refractivity contribution in [3.63, 3.8) is 0 Å². The van der Waals surface area contributed by atoms with Crippen molar-refractivity contribution in [1.82, 2.24) is 15.5 Å². The number of Topliss-reactive ketones (excluding diaryl/α,β-unsaturated/α-hetero) is 1. The summed E-state index contributed by atoms with van der Waals surface area (Å²) >= 11 is 0. The first-order valence-corrected chi connectivity index (χ1v) is 12.6. The summed E-state index contributed by atoms with van der Waals surface area (Å²) in [5.41, 5.74) is 1.65. The van der Waals surface area contributed by atoms with Crippen molar-refractivity contribution in [2.24, 2.45) is 5.92 Å². The van der Waals surface area contributed by atoms with Crippen LogP contribution in [0, 0.1) is 5.92 Å². The molecule has 7 nitrogen and oxygen atoms in total. The third-order valence-corrected chi connectivity index (χ3v) is 6.70. The highest BCUT2D eigenvalue weighted by Gasteiger charge is 2.49. The molecule has 38 heavy (non-hydrogen) atoms. The molecule has 0 aliphatic heterocycles. The van der Waals surface area contributed by atoms with Crippen LogP contribution in [0.3, 0.4) is 0 Å². The number of carbonyl (C=O) groups excluding carboxylic acids is 2. The molecular formula is C29H31F2N3O4. The highest BCUT2D eigenvalue weighted by Crippen LogP contribution is 2.49. The number of hydrogen-bond acceptors (Lipinski definition) is 6. The number of ether oxygens (including phenoxy) is 1. The molecule has 1 atom stereocenters. The minimum atomic E-state index is -3.23. The number of nitrogens with one attached hydrogen (secondary N) is 1. The number of aromatic nitrogens is 2. The molecule has 1 N–H and O–H groups in total. The smallest absolute Gasteiger partial charge is 0.322 e. The highest BCUT2D eigenvalue weighted by molar-refractivity contribution is 5.94. The zero-order valence-corrected chi connectivity index (χ0v) is 21.3. The average molecular weight is 524 g/mol. The van der Waals surface area contributed by atoms with Crippen LogP contribution in [-0.2, 0) is 20.9 Å². The molecule has 0 bridgehead atoms. The van der Waals surface area contributed by atoms with Crippen LogP contribution in [0.5, 0.6) is 0 Å². The summed E-state index contributed by atoms with van der Waals surface area (Å²) in [6.45, 7) is 5.66. The molecule has 1 saturated carbocycles. The quantitative estimate of drug-likeness (QED) is 0.222. The fourth-order valence-corrected chi connectivity index (χ4v) is 4.25. The molecule has 1 unspecified atom stereocenters. The van der Waals surface area contributed by atoms with E-state index >= 15 is 0 Å². The Morgan fingerprint density at radius 1 is 1.18 bits per heavy atom. The lowest BCUT2D eigenvalue weighted by Gasteiger charge is -2.16. The van der Waals surface area contributed by atoms with Gasteiger partial charge in [0.1, 0.15) is 5.78 Å². The highest BCUT2D eigenvalue weighted by atomic mass is 19.3. The molecule has 0 saturated heterocycles. The van der Waals surface area contributed by atoms with E-state index in [0.717, 1.165) is 18.4 Å². The lowest BCUT2D eigenvalue weighted by atomic mass is 9.89. The lowest BCUT2D eigenvalue weighted by molar-refractivity contribution is -0.121. The van der Waals surface area contributed by atoms with E-state index in [1.807, 2.05) is 30.3 Å². The van der Waals surface area contributed by atoms with Gasteiger partial charge in [0.05, 0.1) is 12.0 Å². The zero-order valence-electron chi connectivity index (χ0n) is 21.3.